The number of anilines is 2. The Labute approximate surface area is 289 Å². The Morgan fingerprint density at radius 1 is 0.500 bits per heavy atom. The van der Waals surface area contributed by atoms with Gasteiger partial charge < -0.3 is 30.3 Å². The highest BCUT2D eigenvalue weighted by molar-refractivity contribution is 6.11. The molecule has 0 unspecified atom stereocenters. The third kappa shape index (κ3) is 10.9. The van der Waals surface area contributed by atoms with Gasteiger partial charge in [0, 0.05) is 29.6 Å². The van der Waals surface area contributed by atoms with Crippen molar-refractivity contribution in [1.82, 2.24) is 0 Å². The number of hydrogen-bond acceptors (Lipinski definition) is 6. The summed E-state index contributed by atoms with van der Waals surface area (Å²) in [5.74, 6) is 2.67. The zero-order valence-corrected chi connectivity index (χ0v) is 27.0. The molecule has 0 bridgehead atoms. The first-order valence-electron chi connectivity index (χ1n) is 14.8. The van der Waals surface area contributed by atoms with E-state index in [2.05, 4.69) is 35.3 Å². The zero-order chi connectivity index (χ0) is 36.5. The second-order valence-corrected chi connectivity index (χ2v) is 9.92. The molecule has 10 nitrogen and oxygen atoms in total. The van der Waals surface area contributed by atoms with Crippen LogP contribution in [0.4, 0.5) is 11.4 Å². The summed E-state index contributed by atoms with van der Waals surface area (Å²) in [4.78, 5) is 48.4. The van der Waals surface area contributed by atoms with E-state index in [4.69, 9.17) is 9.47 Å². The summed E-state index contributed by atoms with van der Waals surface area (Å²) in [5, 5.41) is 24.1. The Kier molecular flexibility index (Phi) is 13.9. The fourth-order valence-electron chi connectivity index (χ4n) is 4.28. The number of carbonyl (C=O) groups is 4. The summed E-state index contributed by atoms with van der Waals surface area (Å²) in [5.41, 5.74) is 0.668. The van der Waals surface area contributed by atoms with Gasteiger partial charge in [-0.2, -0.15) is 0 Å². The molecule has 0 saturated carbocycles. The van der Waals surface area contributed by atoms with Gasteiger partial charge in [-0.1, -0.05) is 42.5 Å². The molecule has 0 aliphatic carbocycles. The quantitative estimate of drug-likeness (QED) is 0.108. The van der Waals surface area contributed by atoms with E-state index in [1.165, 1.54) is 24.3 Å². The number of benzene rings is 5. The molecule has 0 aromatic heterocycles. The third-order valence-corrected chi connectivity index (χ3v) is 6.26. The lowest BCUT2D eigenvalue weighted by Crippen LogP contribution is -2.16. The topological polar surface area (TPSA) is 151 Å². The summed E-state index contributed by atoms with van der Waals surface area (Å²) in [7, 11) is 0. The maximum atomic E-state index is 12.7. The van der Waals surface area contributed by atoms with Crippen LogP contribution in [-0.2, 0) is 0 Å². The van der Waals surface area contributed by atoms with Crippen LogP contribution in [0.1, 0.15) is 55.3 Å². The summed E-state index contributed by atoms with van der Waals surface area (Å²) in [6.45, 7) is 3.31. The van der Waals surface area contributed by atoms with Crippen LogP contribution in [0.5, 0.6) is 23.0 Å². The third-order valence-electron chi connectivity index (χ3n) is 6.26. The van der Waals surface area contributed by atoms with E-state index in [1.807, 2.05) is 0 Å². The second kappa shape index (κ2) is 18.7. The van der Waals surface area contributed by atoms with Crippen LogP contribution in [0.25, 0.3) is 0 Å². The van der Waals surface area contributed by atoms with Crippen LogP contribution in [0, 0.1) is 24.7 Å². The average molecular weight is 669 g/mol. The summed E-state index contributed by atoms with van der Waals surface area (Å²) < 4.78 is 11.9. The molecule has 250 valence electrons. The monoisotopic (exact) mass is 668 g/mol. The maximum Gasteiger partial charge on any atom is 0.336 e. The number of terminal acetylenes is 2. The molecule has 0 spiro atoms. The second-order valence-electron chi connectivity index (χ2n) is 9.92. The SMILES string of the molecule is C#CC.C#CC.O=C(O)c1ccccc1C(=O)Nc1cccc(Oc2cccc(Oc3cccc(NC(=O)c4ccccc4C(=O)O)c3)c2)c1. The van der Waals surface area contributed by atoms with Gasteiger partial charge in [0.25, 0.3) is 11.8 Å². The number of carboxylic acid groups (broad SMARTS) is 2. The van der Waals surface area contributed by atoms with Crippen molar-refractivity contribution in [2.24, 2.45) is 0 Å². The molecule has 0 saturated heterocycles. The fourth-order valence-corrected chi connectivity index (χ4v) is 4.28. The molecule has 5 rings (SSSR count). The first-order chi connectivity index (χ1) is 24.1. The predicted octanol–water partition coefficient (Wildman–Crippen LogP) is 8.45. The molecular weight excluding hydrogens is 636 g/mol. The van der Waals surface area contributed by atoms with Crippen molar-refractivity contribution in [2.75, 3.05) is 10.6 Å². The number of carboxylic acids is 2. The fraction of sp³-hybridized carbons (Fsp3) is 0.0500. The molecule has 5 aromatic rings. The summed E-state index contributed by atoms with van der Waals surface area (Å²) >= 11 is 0. The Morgan fingerprint density at radius 3 is 1.14 bits per heavy atom. The van der Waals surface area contributed by atoms with Crippen molar-refractivity contribution in [3.05, 3.63) is 144 Å². The minimum Gasteiger partial charge on any atom is -0.478 e. The lowest BCUT2D eigenvalue weighted by Gasteiger charge is -2.12. The normalized spacial score (nSPS) is 9.44. The van der Waals surface area contributed by atoms with Gasteiger partial charge in [-0.25, -0.2) is 9.59 Å². The van der Waals surface area contributed by atoms with Gasteiger partial charge in [0.1, 0.15) is 23.0 Å². The van der Waals surface area contributed by atoms with Gasteiger partial charge in [-0.05, 0) is 74.5 Å². The highest BCUT2D eigenvalue weighted by Gasteiger charge is 2.17. The minimum absolute atomic E-state index is 0.0323. The van der Waals surface area contributed by atoms with E-state index in [-0.39, 0.29) is 22.3 Å². The molecule has 50 heavy (non-hydrogen) atoms. The van der Waals surface area contributed by atoms with Gasteiger partial charge in [0.2, 0.25) is 0 Å². The van der Waals surface area contributed by atoms with Crippen LogP contribution in [-0.4, -0.2) is 34.0 Å². The lowest BCUT2D eigenvalue weighted by atomic mass is 10.1. The molecule has 10 heteroatoms. The molecule has 0 aliphatic heterocycles. The zero-order valence-electron chi connectivity index (χ0n) is 27.0. The first-order valence-corrected chi connectivity index (χ1v) is 14.8. The van der Waals surface area contributed by atoms with Gasteiger partial charge in [0.15, 0.2) is 0 Å². The van der Waals surface area contributed by atoms with Gasteiger partial charge in [0.05, 0.1) is 22.3 Å². The van der Waals surface area contributed by atoms with Gasteiger partial charge in [-0.15, -0.1) is 24.7 Å². The number of ether oxygens (including phenoxy) is 2. The molecule has 0 heterocycles. The smallest absolute Gasteiger partial charge is 0.336 e. The van der Waals surface area contributed by atoms with E-state index in [1.54, 1.807) is 111 Å². The van der Waals surface area contributed by atoms with E-state index in [0.29, 0.717) is 34.4 Å². The van der Waals surface area contributed by atoms with Gasteiger partial charge in [-0.3, -0.25) is 9.59 Å². The lowest BCUT2D eigenvalue weighted by molar-refractivity contribution is 0.0683. The van der Waals surface area contributed by atoms with Crippen molar-refractivity contribution in [3.63, 3.8) is 0 Å². The Balaban J connectivity index is 0.00000105. The number of rotatable bonds is 10. The van der Waals surface area contributed by atoms with Crippen LogP contribution < -0.4 is 20.1 Å². The highest BCUT2D eigenvalue weighted by Crippen LogP contribution is 2.30. The molecule has 0 radical (unpaired) electrons. The molecule has 5 aromatic carbocycles. The number of amides is 2. The summed E-state index contributed by atoms with van der Waals surface area (Å²) in [6, 6.07) is 32.0. The van der Waals surface area contributed by atoms with Crippen LogP contribution >= 0.6 is 0 Å². The largest absolute Gasteiger partial charge is 0.478 e. The molecule has 0 atom stereocenters. The van der Waals surface area contributed by atoms with E-state index in [0.717, 1.165) is 0 Å². The highest BCUT2D eigenvalue weighted by atomic mass is 16.5. The van der Waals surface area contributed by atoms with Crippen LogP contribution in [0.3, 0.4) is 0 Å². The van der Waals surface area contributed by atoms with Gasteiger partial charge >= 0.3 is 11.9 Å². The van der Waals surface area contributed by atoms with Crippen molar-refractivity contribution in [1.29, 1.82) is 0 Å². The summed E-state index contributed by atoms with van der Waals surface area (Å²) in [6.07, 6.45) is 9.19. The Bertz CT molecular complexity index is 1930. The molecule has 0 fully saturated rings. The van der Waals surface area contributed by atoms with Crippen LogP contribution in [0.2, 0.25) is 0 Å². The molecule has 2 amide bonds. The predicted molar refractivity (Wildman–Crippen MR) is 191 cm³/mol. The maximum absolute atomic E-state index is 12.7. The molecule has 0 aliphatic rings. The average Bonchev–Trinajstić information content (AvgIpc) is 3.09. The Hall–Kier alpha value is -7.30. The van der Waals surface area contributed by atoms with E-state index < -0.39 is 23.8 Å². The number of aromatic carboxylic acids is 2. The molecular formula is C40H32N2O8. The number of hydrogen-bond donors (Lipinski definition) is 4. The number of carbonyl (C=O) groups excluding carboxylic acids is 2. The molecule has 4 N–H and O–H groups in total. The Morgan fingerprint density at radius 2 is 0.800 bits per heavy atom. The van der Waals surface area contributed by atoms with Crippen molar-refractivity contribution in [3.8, 4) is 47.7 Å². The standard InChI is InChI=1S/C34H24N2O8.2C3H4/c37-31(27-14-1-3-16-29(27)33(39)40)35-21-8-5-10-23(18-21)43-25-12-7-13-26(20-25)44-24-11-6-9-22(19-24)36-32(38)28-15-2-4-17-30(28)34(41)42;2*1-3-2/h1-20H,(H,35,37)(H,36,38)(H,39,40)(H,41,42);2*1H,2H3. The van der Waals surface area contributed by atoms with Crippen molar-refractivity contribution < 1.29 is 38.9 Å². The first kappa shape index (κ1) is 37.2. The van der Waals surface area contributed by atoms with Crippen molar-refractivity contribution in [2.45, 2.75) is 13.8 Å². The van der Waals surface area contributed by atoms with E-state index >= 15 is 0 Å². The minimum atomic E-state index is -1.20. The van der Waals surface area contributed by atoms with Crippen molar-refractivity contribution >= 4 is 35.1 Å². The number of nitrogens with one attached hydrogen (secondary N) is 2. The van der Waals surface area contributed by atoms with Crippen LogP contribution in [0.15, 0.2) is 121 Å². The van der Waals surface area contributed by atoms with E-state index in [9.17, 15) is 29.4 Å².